The van der Waals surface area contributed by atoms with Gasteiger partial charge in [-0.25, -0.2) is 0 Å². The Labute approximate surface area is 87.8 Å². The van der Waals surface area contributed by atoms with Crippen molar-refractivity contribution in [3.8, 4) is 0 Å². The fourth-order valence-electron chi connectivity index (χ4n) is 0.415. The molecule has 0 bridgehead atoms. The monoisotopic (exact) mass is 294 g/mol. The van der Waals surface area contributed by atoms with Crippen LogP contribution in [0.2, 0.25) is 5.02 Å². The molecule has 10 heavy (non-hydrogen) atoms. The molecule has 0 saturated heterocycles. The lowest BCUT2D eigenvalue weighted by Crippen LogP contribution is -1.55. The van der Waals surface area contributed by atoms with E-state index in [0.29, 0.717) is 0 Å². The summed E-state index contributed by atoms with van der Waals surface area (Å²) in [6.07, 6.45) is 0. The summed E-state index contributed by atoms with van der Waals surface area (Å²) in [4.78, 5) is 0. The zero-order valence-corrected chi connectivity index (χ0v) is 10.6. The van der Waals surface area contributed by atoms with Crippen LogP contribution in [0.4, 0.5) is 0 Å². The maximum Gasteiger partial charge on any atom is 0.560 e. The fraction of sp³-hybridized carbons (Fsp3) is 0. The van der Waals surface area contributed by atoms with E-state index in [2.05, 4.69) is 25.8 Å². The molecule has 0 aliphatic heterocycles. The van der Waals surface area contributed by atoms with Gasteiger partial charge in [-0.1, -0.05) is 29.8 Å². The second-order valence-electron chi connectivity index (χ2n) is 1.40. The van der Waals surface area contributed by atoms with Gasteiger partial charge in [-0.2, -0.15) is 0 Å². The Hall–Kier alpha value is 1.24. The molecular formula is C6H5Br2ClMg. The van der Waals surface area contributed by atoms with Crippen LogP contribution in [0.25, 0.3) is 0 Å². The van der Waals surface area contributed by atoms with Crippen molar-refractivity contribution in [3.05, 3.63) is 35.4 Å². The van der Waals surface area contributed by atoms with Gasteiger partial charge in [-0.3, -0.25) is 25.8 Å². The van der Waals surface area contributed by atoms with E-state index in [0.717, 1.165) is 5.02 Å². The largest absolute Gasteiger partial charge is 0.560 e. The maximum atomic E-state index is 5.54. The normalized spacial score (nSPS) is 7.10. The third-order valence-corrected chi connectivity index (χ3v) is 0.985. The van der Waals surface area contributed by atoms with E-state index >= 15 is 0 Å². The molecular weight excluding hydrogens is 292 g/mol. The first-order chi connectivity index (χ1) is 4.81. The summed E-state index contributed by atoms with van der Waals surface area (Å²) in [5.41, 5.74) is 0. The Balaban J connectivity index is 0.000000236. The molecule has 0 fully saturated rings. The SMILES string of the molecule is Clc1ccccc1.[Br][Mg][Br]. The first-order valence-electron chi connectivity index (χ1n) is 2.63. The highest BCUT2D eigenvalue weighted by molar-refractivity contribution is 9.47. The quantitative estimate of drug-likeness (QED) is 0.641. The number of halogens is 3. The van der Waals surface area contributed by atoms with Gasteiger partial charge in [-0.15, -0.1) is 0 Å². The summed E-state index contributed by atoms with van der Waals surface area (Å²) < 4.78 is 0. The number of rotatable bonds is 0. The third kappa shape index (κ3) is 7.34. The van der Waals surface area contributed by atoms with Crippen LogP contribution in [-0.2, 0) is 0 Å². The lowest BCUT2D eigenvalue weighted by molar-refractivity contribution is 1.71. The Bertz CT molecular complexity index is 157. The van der Waals surface area contributed by atoms with Crippen LogP contribution in [0.15, 0.2) is 30.3 Å². The van der Waals surface area contributed by atoms with Crippen LogP contribution in [0.5, 0.6) is 0 Å². The lowest BCUT2D eigenvalue weighted by atomic mass is 10.4. The van der Waals surface area contributed by atoms with Crippen molar-refractivity contribution in [2.24, 2.45) is 0 Å². The van der Waals surface area contributed by atoms with Crippen LogP contribution in [0.1, 0.15) is 0 Å². The molecule has 0 heterocycles. The fourth-order valence-corrected chi connectivity index (χ4v) is 0.560. The van der Waals surface area contributed by atoms with Gasteiger partial charge in [0, 0.05) is 5.02 Å². The molecule has 0 aliphatic carbocycles. The molecule has 0 spiro atoms. The average Bonchev–Trinajstić information content (AvgIpc) is 1.91. The van der Waals surface area contributed by atoms with E-state index in [-0.39, 0.29) is 16.0 Å². The van der Waals surface area contributed by atoms with E-state index in [1.54, 1.807) is 0 Å². The second-order valence-corrected chi connectivity index (χ2v) is 9.91. The van der Waals surface area contributed by atoms with Crippen molar-refractivity contribution in [2.45, 2.75) is 0 Å². The zero-order valence-electron chi connectivity index (χ0n) is 5.23. The first-order valence-corrected chi connectivity index (χ1v) is 10.8. The predicted octanol–water partition coefficient (Wildman–Crippen LogP) is 3.65. The van der Waals surface area contributed by atoms with Gasteiger partial charge in [0.15, 0.2) is 0 Å². The topological polar surface area (TPSA) is 0 Å². The molecule has 52 valence electrons. The Morgan fingerprint density at radius 3 is 1.70 bits per heavy atom. The van der Waals surface area contributed by atoms with Crippen molar-refractivity contribution < 1.29 is 0 Å². The van der Waals surface area contributed by atoms with E-state index < -0.39 is 0 Å². The van der Waals surface area contributed by atoms with Gasteiger partial charge < -0.3 is 0 Å². The minimum absolute atomic E-state index is 0.0417. The van der Waals surface area contributed by atoms with Crippen LogP contribution in [-0.4, -0.2) is 16.0 Å². The molecule has 0 radical (unpaired) electrons. The summed E-state index contributed by atoms with van der Waals surface area (Å²) in [6.45, 7) is 0. The summed E-state index contributed by atoms with van der Waals surface area (Å²) in [7, 11) is 0. The second kappa shape index (κ2) is 8.33. The Kier molecular flexibility index (Phi) is 9.36. The third-order valence-electron chi connectivity index (χ3n) is 0.733. The smallest absolute Gasteiger partial charge is 0.280 e. The van der Waals surface area contributed by atoms with Gasteiger partial charge >= 0.3 is 16.0 Å². The number of benzene rings is 1. The minimum Gasteiger partial charge on any atom is -0.280 e. The van der Waals surface area contributed by atoms with Crippen LogP contribution >= 0.6 is 37.4 Å². The molecule has 4 heteroatoms. The van der Waals surface area contributed by atoms with Gasteiger partial charge in [0.05, 0.1) is 0 Å². The van der Waals surface area contributed by atoms with E-state index in [4.69, 9.17) is 11.6 Å². The van der Waals surface area contributed by atoms with Crippen molar-refractivity contribution in [3.63, 3.8) is 0 Å². The molecule has 0 amide bonds. The standard InChI is InChI=1S/C6H5Cl.2BrH.Mg/c7-6-4-2-1-3-5-6;;;/h1-5H;2*1H;/q;;;+2/p-2. The molecule has 0 saturated carbocycles. The van der Waals surface area contributed by atoms with Crippen molar-refractivity contribution in [2.75, 3.05) is 0 Å². The molecule has 1 rings (SSSR count). The Morgan fingerprint density at radius 2 is 1.50 bits per heavy atom. The maximum absolute atomic E-state index is 5.54. The highest BCUT2D eigenvalue weighted by Gasteiger charge is 1.74. The van der Waals surface area contributed by atoms with Crippen molar-refractivity contribution in [1.29, 1.82) is 0 Å². The highest BCUT2D eigenvalue weighted by atomic mass is 79.9. The van der Waals surface area contributed by atoms with Crippen LogP contribution in [0.3, 0.4) is 0 Å². The molecule has 0 atom stereocenters. The number of hydrogen-bond acceptors (Lipinski definition) is 0. The summed E-state index contributed by atoms with van der Waals surface area (Å²) >= 11 is 12.0. The summed E-state index contributed by atoms with van der Waals surface area (Å²) in [6, 6.07) is 9.44. The van der Waals surface area contributed by atoms with Crippen LogP contribution < -0.4 is 0 Å². The highest BCUT2D eigenvalue weighted by Crippen LogP contribution is 2.03. The predicted molar refractivity (Wildman–Crippen MR) is 55.1 cm³/mol. The van der Waals surface area contributed by atoms with Gasteiger partial charge in [0.25, 0.3) is 0 Å². The molecule has 0 aromatic heterocycles. The van der Waals surface area contributed by atoms with Gasteiger partial charge in [-0.05, 0) is 12.1 Å². The van der Waals surface area contributed by atoms with Crippen molar-refractivity contribution >= 4 is 53.4 Å². The van der Waals surface area contributed by atoms with Crippen LogP contribution in [0, 0.1) is 0 Å². The molecule has 0 aliphatic rings. The Morgan fingerprint density at radius 1 is 1.10 bits per heavy atom. The van der Waals surface area contributed by atoms with Gasteiger partial charge in [0.2, 0.25) is 0 Å². The van der Waals surface area contributed by atoms with E-state index in [1.165, 1.54) is 0 Å². The molecule has 0 nitrogen and oxygen atoms in total. The molecule has 1 aromatic rings. The van der Waals surface area contributed by atoms with E-state index in [1.807, 2.05) is 30.3 Å². The van der Waals surface area contributed by atoms with E-state index in [9.17, 15) is 0 Å². The van der Waals surface area contributed by atoms with Gasteiger partial charge in [0.1, 0.15) is 0 Å². The first kappa shape index (κ1) is 11.2. The lowest BCUT2D eigenvalue weighted by Gasteiger charge is -1.80. The molecule has 0 N–H and O–H groups in total. The molecule has 0 unspecified atom stereocenters. The average molecular weight is 297 g/mol. The zero-order chi connectivity index (χ0) is 7.82. The van der Waals surface area contributed by atoms with Crippen molar-refractivity contribution in [1.82, 2.24) is 0 Å². The number of hydrogen-bond donors (Lipinski definition) is 0. The summed E-state index contributed by atoms with van der Waals surface area (Å²) in [5, 5.41) is 0.794. The molecule has 1 aromatic carbocycles. The minimum atomic E-state index is 0.0417. The summed E-state index contributed by atoms with van der Waals surface area (Å²) in [5.74, 6) is 0.